The first-order valence-corrected chi connectivity index (χ1v) is 8.74. The van der Waals surface area contributed by atoms with Gasteiger partial charge in [0.2, 0.25) is 5.95 Å². The summed E-state index contributed by atoms with van der Waals surface area (Å²) < 4.78 is 7.55. The molecule has 128 valence electrons. The number of halogens is 1. The van der Waals surface area contributed by atoms with Gasteiger partial charge in [-0.2, -0.15) is 0 Å². The van der Waals surface area contributed by atoms with Crippen LogP contribution in [0.4, 0.5) is 5.95 Å². The number of para-hydroxylation sites is 2. The fourth-order valence-corrected chi connectivity index (χ4v) is 3.35. The molecule has 0 atom stereocenters. The van der Waals surface area contributed by atoms with Crippen molar-refractivity contribution in [1.82, 2.24) is 9.55 Å². The quantitative estimate of drug-likeness (QED) is 0.720. The van der Waals surface area contributed by atoms with Gasteiger partial charge in [0.05, 0.1) is 22.5 Å². The van der Waals surface area contributed by atoms with Crippen molar-refractivity contribution < 1.29 is 4.74 Å². The molecule has 5 nitrogen and oxygen atoms in total. The van der Waals surface area contributed by atoms with Gasteiger partial charge in [0.1, 0.15) is 12.4 Å². The Bertz CT molecular complexity index is 970. The summed E-state index contributed by atoms with van der Waals surface area (Å²) in [5, 5.41) is 1.27. The summed E-state index contributed by atoms with van der Waals surface area (Å²) in [6.45, 7) is 2.69. The smallest absolute Gasteiger partial charge is 0.262 e. The van der Waals surface area contributed by atoms with Gasteiger partial charge in [0, 0.05) is 13.1 Å². The van der Waals surface area contributed by atoms with E-state index in [4.69, 9.17) is 21.3 Å². The molecule has 0 aliphatic carbocycles. The summed E-state index contributed by atoms with van der Waals surface area (Å²) in [4.78, 5) is 19.5. The fraction of sp³-hybridized carbons (Fsp3) is 0.263. The number of hydrogen-bond acceptors (Lipinski definition) is 4. The number of nitrogens with zero attached hydrogens (tertiary/aromatic N) is 3. The second-order valence-electron chi connectivity index (χ2n) is 6.01. The minimum Gasteiger partial charge on any atom is -0.490 e. The summed E-state index contributed by atoms with van der Waals surface area (Å²) in [7, 11) is 0. The van der Waals surface area contributed by atoms with E-state index in [0.717, 1.165) is 24.4 Å². The maximum Gasteiger partial charge on any atom is 0.262 e. The van der Waals surface area contributed by atoms with E-state index in [2.05, 4.69) is 4.90 Å². The van der Waals surface area contributed by atoms with Crippen LogP contribution in [0.5, 0.6) is 5.75 Å². The molecule has 0 unspecified atom stereocenters. The van der Waals surface area contributed by atoms with Gasteiger partial charge in [-0.15, -0.1) is 0 Å². The molecular weight excluding hydrogens is 338 g/mol. The average molecular weight is 356 g/mol. The lowest BCUT2D eigenvalue weighted by Gasteiger charge is -2.30. The fourth-order valence-electron chi connectivity index (χ4n) is 3.16. The van der Waals surface area contributed by atoms with Crippen molar-refractivity contribution in [3.8, 4) is 5.75 Å². The molecule has 25 heavy (non-hydrogen) atoms. The Morgan fingerprint density at radius 3 is 2.76 bits per heavy atom. The SMILES string of the molecule is O=c1c2ccccc2nc2n1CCCN2CCOc1ccccc1Cl. The zero-order valence-corrected chi connectivity index (χ0v) is 14.4. The highest BCUT2D eigenvalue weighted by atomic mass is 35.5. The number of fused-ring (bicyclic) bond motifs is 2. The maximum absolute atomic E-state index is 12.7. The molecule has 1 aliphatic heterocycles. The molecular formula is C19H18ClN3O2. The Morgan fingerprint density at radius 2 is 1.88 bits per heavy atom. The minimum absolute atomic E-state index is 0.0253. The molecule has 0 fully saturated rings. The normalized spacial score (nSPS) is 13.7. The van der Waals surface area contributed by atoms with E-state index >= 15 is 0 Å². The van der Waals surface area contributed by atoms with Crippen LogP contribution in [0.15, 0.2) is 53.3 Å². The van der Waals surface area contributed by atoms with Gasteiger partial charge in [0.25, 0.3) is 5.56 Å². The van der Waals surface area contributed by atoms with Gasteiger partial charge in [0.15, 0.2) is 0 Å². The third-order valence-corrected chi connectivity index (χ3v) is 4.70. The lowest BCUT2D eigenvalue weighted by Crippen LogP contribution is -2.40. The Kier molecular flexibility index (Phi) is 4.32. The Balaban J connectivity index is 1.57. The van der Waals surface area contributed by atoms with Crippen LogP contribution in [0.25, 0.3) is 10.9 Å². The van der Waals surface area contributed by atoms with E-state index in [-0.39, 0.29) is 5.56 Å². The first kappa shape index (κ1) is 16.0. The summed E-state index contributed by atoms with van der Waals surface area (Å²) in [5.41, 5.74) is 0.759. The third-order valence-electron chi connectivity index (χ3n) is 4.39. The molecule has 0 spiro atoms. The molecule has 0 bridgehead atoms. The van der Waals surface area contributed by atoms with Crippen LogP contribution in [-0.2, 0) is 6.54 Å². The van der Waals surface area contributed by atoms with Crippen LogP contribution in [0.3, 0.4) is 0 Å². The number of ether oxygens (including phenoxy) is 1. The zero-order valence-electron chi connectivity index (χ0n) is 13.7. The average Bonchev–Trinajstić information content (AvgIpc) is 2.64. The molecule has 0 radical (unpaired) electrons. The van der Waals surface area contributed by atoms with Crippen molar-refractivity contribution >= 4 is 28.5 Å². The van der Waals surface area contributed by atoms with Gasteiger partial charge in [-0.25, -0.2) is 4.98 Å². The predicted molar refractivity (Wildman–Crippen MR) is 99.8 cm³/mol. The molecule has 0 saturated carbocycles. The summed E-state index contributed by atoms with van der Waals surface area (Å²) in [5.74, 6) is 1.39. The Hall–Kier alpha value is -2.53. The van der Waals surface area contributed by atoms with Crippen LogP contribution in [0.2, 0.25) is 5.02 Å². The molecule has 3 aromatic rings. The van der Waals surface area contributed by atoms with E-state index in [1.54, 1.807) is 10.6 Å². The first-order valence-electron chi connectivity index (χ1n) is 8.36. The molecule has 0 saturated heterocycles. The van der Waals surface area contributed by atoms with E-state index < -0.39 is 0 Å². The Labute approximate surface area is 150 Å². The number of hydrogen-bond donors (Lipinski definition) is 0. The van der Waals surface area contributed by atoms with Crippen molar-refractivity contribution in [3.63, 3.8) is 0 Å². The highest BCUT2D eigenvalue weighted by Gasteiger charge is 2.20. The van der Waals surface area contributed by atoms with Crippen LogP contribution in [0.1, 0.15) is 6.42 Å². The molecule has 2 heterocycles. The second kappa shape index (κ2) is 6.76. The van der Waals surface area contributed by atoms with Crippen molar-refractivity contribution in [2.75, 3.05) is 24.6 Å². The van der Waals surface area contributed by atoms with Gasteiger partial charge >= 0.3 is 0 Å². The first-order chi connectivity index (χ1) is 12.2. The predicted octanol–water partition coefficient (Wildman–Crippen LogP) is 3.34. The molecule has 1 aromatic heterocycles. The summed E-state index contributed by atoms with van der Waals surface area (Å²) in [6, 6.07) is 14.9. The van der Waals surface area contributed by atoms with Crippen LogP contribution in [-0.4, -0.2) is 29.2 Å². The highest BCUT2D eigenvalue weighted by Crippen LogP contribution is 2.24. The Morgan fingerprint density at radius 1 is 1.08 bits per heavy atom. The van der Waals surface area contributed by atoms with Gasteiger partial charge in [-0.05, 0) is 30.7 Å². The van der Waals surface area contributed by atoms with Crippen LogP contribution in [0, 0.1) is 0 Å². The monoisotopic (exact) mass is 355 g/mol. The molecule has 2 aromatic carbocycles. The van der Waals surface area contributed by atoms with E-state index in [1.165, 1.54) is 0 Å². The third kappa shape index (κ3) is 3.07. The molecule has 6 heteroatoms. The number of anilines is 1. The second-order valence-corrected chi connectivity index (χ2v) is 6.41. The van der Waals surface area contributed by atoms with Crippen molar-refractivity contribution in [2.24, 2.45) is 0 Å². The molecule has 0 amide bonds. The van der Waals surface area contributed by atoms with Crippen molar-refractivity contribution in [2.45, 2.75) is 13.0 Å². The van der Waals surface area contributed by atoms with Gasteiger partial charge in [-0.3, -0.25) is 9.36 Å². The number of benzene rings is 2. The molecule has 1 aliphatic rings. The van der Waals surface area contributed by atoms with Crippen molar-refractivity contribution in [1.29, 1.82) is 0 Å². The van der Waals surface area contributed by atoms with Crippen molar-refractivity contribution in [3.05, 3.63) is 63.9 Å². The topological polar surface area (TPSA) is 47.4 Å². The summed E-state index contributed by atoms with van der Waals surface area (Å²) in [6.07, 6.45) is 0.916. The van der Waals surface area contributed by atoms with Crippen LogP contribution < -0.4 is 15.2 Å². The van der Waals surface area contributed by atoms with Crippen LogP contribution >= 0.6 is 11.6 Å². The number of rotatable bonds is 4. The van der Waals surface area contributed by atoms with E-state index in [1.807, 2.05) is 42.5 Å². The van der Waals surface area contributed by atoms with E-state index in [0.29, 0.717) is 35.9 Å². The van der Waals surface area contributed by atoms with Gasteiger partial charge in [-0.1, -0.05) is 35.9 Å². The van der Waals surface area contributed by atoms with E-state index in [9.17, 15) is 4.79 Å². The molecule has 4 rings (SSSR count). The number of aromatic nitrogens is 2. The highest BCUT2D eigenvalue weighted by molar-refractivity contribution is 6.32. The lowest BCUT2D eigenvalue weighted by atomic mass is 10.2. The standard InChI is InChI=1S/C19H18ClN3O2/c20-15-7-2-4-9-17(15)25-13-12-22-10-5-11-23-18(24)14-6-1-3-8-16(14)21-19(22)23/h1-4,6-9H,5,10-13H2. The largest absolute Gasteiger partial charge is 0.490 e. The summed E-state index contributed by atoms with van der Waals surface area (Å²) >= 11 is 6.12. The lowest BCUT2D eigenvalue weighted by molar-refractivity contribution is 0.319. The molecule has 0 N–H and O–H groups in total. The van der Waals surface area contributed by atoms with Gasteiger partial charge < -0.3 is 9.64 Å². The minimum atomic E-state index is 0.0253. The maximum atomic E-state index is 12.7. The zero-order chi connectivity index (χ0) is 17.2.